The summed E-state index contributed by atoms with van der Waals surface area (Å²) < 4.78 is 12.6. The zero-order chi connectivity index (χ0) is 21.2. The minimum Gasteiger partial charge on any atom is -0.494 e. The van der Waals surface area contributed by atoms with E-state index in [1.807, 2.05) is 49.4 Å². The second kappa shape index (κ2) is 10.5. The zero-order valence-electron chi connectivity index (χ0n) is 15.6. The second-order valence-electron chi connectivity index (χ2n) is 5.62. The summed E-state index contributed by atoms with van der Waals surface area (Å²) in [5.74, 6) is -2.09. The average molecular weight is 400 g/mol. The highest BCUT2D eigenvalue weighted by Crippen LogP contribution is 2.17. The summed E-state index contributed by atoms with van der Waals surface area (Å²) in [5.41, 5.74) is 0.659. The van der Waals surface area contributed by atoms with E-state index in [1.165, 1.54) is 0 Å². The van der Waals surface area contributed by atoms with Crippen LogP contribution in [-0.2, 0) is 16.1 Å². The molecule has 3 aromatic rings. The molecule has 9 heteroatoms. The van der Waals surface area contributed by atoms with Gasteiger partial charge in [-0.1, -0.05) is 12.1 Å². The smallest absolute Gasteiger partial charge is 0.414 e. The number of rotatable bonds is 6. The summed E-state index contributed by atoms with van der Waals surface area (Å²) in [6.07, 6.45) is 1.56. The Morgan fingerprint density at radius 1 is 0.966 bits per heavy atom. The Balaban J connectivity index is 0.000000438. The van der Waals surface area contributed by atoms with Crippen LogP contribution in [0.2, 0.25) is 0 Å². The first-order chi connectivity index (χ1) is 13.9. The first-order valence-corrected chi connectivity index (χ1v) is 8.68. The first-order valence-electron chi connectivity index (χ1n) is 8.68. The molecule has 0 aliphatic rings. The summed E-state index contributed by atoms with van der Waals surface area (Å²) >= 11 is 0. The van der Waals surface area contributed by atoms with Crippen molar-refractivity contribution in [1.82, 2.24) is 9.55 Å². The molecule has 1 heterocycles. The van der Waals surface area contributed by atoms with Crippen molar-refractivity contribution in [3.63, 3.8) is 0 Å². The predicted octanol–water partition coefficient (Wildman–Crippen LogP) is 2.03. The van der Waals surface area contributed by atoms with E-state index in [4.69, 9.17) is 29.3 Å². The Labute approximate surface area is 165 Å². The van der Waals surface area contributed by atoms with Crippen molar-refractivity contribution < 1.29 is 29.3 Å². The zero-order valence-corrected chi connectivity index (χ0v) is 15.6. The largest absolute Gasteiger partial charge is 0.494 e. The molecule has 152 valence electrons. The summed E-state index contributed by atoms with van der Waals surface area (Å²) in [4.78, 5) is 34.8. The van der Waals surface area contributed by atoms with Gasteiger partial charge in [-0.25, -0.2) is 14.6 Å². The number of benzene rings is 2. The van der Waals surface area contributed by atoms with Crippen LogP contribution in [-0.4, -0.2) is 44.9 Å². The normalized spacial score (nSPS) is 9.97. The fourth-order valence-corrected chi connectivity index (χ4v) is 2.33. The molecule has 0 unspecified atom stereocenters. The summed E-state index contributed by atoms with van der Waals surface area (Å²) in [7, 11) is 0. The maximum atomic E-state index is 12.3. The van der Waals surface area contributed by atoms with Gasteiger partial charge in [0.25, 0.3) is 5.56 Å². The molecule has 2 N–H and O–H groups in total. The van der Waals surface area contributed by atoms with Crippen LogP contribution in [0.25, 0.3) is 10.9 Å². The number of hydrogen-bond acceptors (Lipinski definition) is 6. The van der Waals surface area contributed by atoms with Crippen molar-refractivity contribution in [2.24, 2.45) is 0 Å². The minimum atomic E-state index is -1.82. The van der Waals surface area contributed by atoms with E-state index in [2.05, 4.69) is 4.98 Å². The van der Waals surface area contributed by atoms with Gasteiger partial charge in [-0.15, -0.1) is 0 Å². The summed E-state index contributed by atoms with van der Waals surface area (Å²) in [6, 6.07) is 14.8. The van der Waals surface area contributed by atoms with Crippen molar-refractivity contribution in [2.45, 2.75) is 13.5 Å². The third-order valence-corrected chi connectivity index (χ3v) is 3.65. The maximum absolute atomic E-state index is 12.3. The molecule has 0 aliphatic heterocycles. The van der Waals surface area contributed by atoms with Crippen LogP contribution in [0.1, 0.15) is 6.92 Å². The van der Waals surface area contributed by atoms with E-state index in [-0.39, 0.29) is 5.56 Å². The van der Waals surface area contributed by atoms with Gasteiger partial charge in [0.05, 0.1) is 30.4 Å². The van der Waals surface area contributed by atoms with Gasteiger partial charge in [-0.2, -0.15) is 0 Å². The quantitative estimate of drug-likeness (QED) is 0.602. The number of carboxylic acid groups (broad SMARTS) is 2. The summed E-state index contributed by atoms with van der Waals surface area (Å²) in [5, 5.41) is 15.4. The number of ether oxygens (including phenoxy) is 2. The van der Waals surface area contributed by atoms with Gasteiger partial charge < -0.3 is 19.7 Å². The highest BCUT2D eigenvalue weighted by Gasteiger charge is 2.04. The molecule has 3 rings (SSSR count). The van der Waals surface area contributed by atoms with Crippen molar-refractivity contribution >= 4 is 22.8 Å². The molecule has 9 nitrogen and oxygen atoms in total. The second-order valence-corrected chi connectivity index (χ2v) is 5.62. The van der Waals surface area contributed by atoms with Crippen molar-refractivity contribution in [1.29, 1.82) is 0 Å². The molecular formula is C20H20N2O7. The van der Waals surface area contributed by atoms with Crippen LogP contribution in [0, 0.1) is 0 Å². The topological polar surface area (TPSA) is 128 Å². The third-order valence-electron chi connectivity index (χ3n) is 3.65. The van der Waals surface area contributed by atoms with Gasteiger partial charge >= 0.3 is 11.9 Å². The Kier molecular flexibility index (Phi) is 7.72. The van der Waals surface area contributed by atoms with Gasteiger partial charge in [0, 0.05) is 0 Å². The monoisotopic (exact) mass is 400 g/mol. The van der Waals surface area contributed by atoms with Crippen molar-refractivity contribution in [3.05, 3.63) is 65.2 Å². The van der Waals surface area contributed by atoms with E-state index >= 15 is 0 Å². The number of fused-ring (bicyclic) bond motifs is 1. The Hall–Kier alpha value is -3.88. The Morgan fingerprint density at radius 3 is 2.14 bits per heavy atom. The van der Waals surface area contributed by atoms with Gasteiger partial charge in [0.1, 0.15) is 18.1 Å². The molecule has 0 atom stereocenters. The highest BCUT2D eigenvalue weighted by molar-refractivity contribution is 6.27. The number of hydrogen-bond donors (Lipinski definition) is 2. The lowest BCUT2D eigenvalue weighted by molar-refractivity contribution is -0.159. The van der Waals surface area contributed by atoms with Gasteiger partial charge in [-0.05, 0) is 43.3 Å². The first kappa shape index (κ1) is 21.4. The van der Waals surface area contributed by atoms with E-state index < -0.39 is 11.9 Å². The molecule has 0 saturated heterocycles. The third kappa shape index (κ3) is 6.35. The molecule has 2 aromatic carbocycles. The Bertz CT molecular complexity index is 1020. The summed E-state index contributed by atoms with van der Waals surface area (Å²) in [6.45, 7) is 3.43. The van der Waals surface area contributed by atoms with Crippen LogP contribution in [0.4, 0.5) is 0 Å². The molecule has 0 fully saturated rings. The van der Waals surface area contributed by atoms with Crippen LogP contribution in [0.5, 0.6) is 11.5 Å². The van der Waals surface area contributed by atoms with Crippen LogP contribution >= 0.6 is 0 Å². The number of nitrogens with zero attached hydrogens (tertiary/aromatic N) is 2. The Morgan fingerprint density at radius 2 is 1.55 bits per heavy atom. The van der Waals surface area contributed by atoms with Crippen molar-refractivity contribution in [2.75, 3.05) is 13.2 Å². The molecule has 0 radical (unpaired) electrons. The molecule has 0 aliphatic carbocycles. The van der Waals surface area contributed by atoms with Gasteiger partial charge in [0.2, 0.25) is 0 Å². The molecule has 0 amide bonds. The molecule has 29 heavy (non-hydrogen) atoms. The van der Waals surface area contributed by atoms with Crippen LogP contribution in [0.3, 0.4) is 0 Å². The highest BCUT2D eigenvalue weighted by atomic mass is 16.5. The van der Waals surface area contributed by atoms with E-state index in [9.17, 15) is 4.79 Å². The van der Waals surface area contributed by atoms with Gasteiger partial charge in [-0.3, -0.25) is 9.36 Å². The number of aliphatic carboxylic acids is 2. The van der Waals surface area contributed by atoms with E-state index in [0.29, 0.717) is 30.7 Å². The lowest BCUT2D eigenvalue weighted by Crippen LogP contribution is -2.23. The van der Waals surface area contributed by atoms with Gasteiger partial charge in [0.15, 0.2) is 0 Å². The van der Waals surface area contributed by atoms with Crippen LogP contribution < -0.4 is 15.0 Å². The van der Waals surface area contributed by atoms with Crippen LogP contribution in [0.15, 0.2) is 59.7 Å². The SMILES string of the molecule is CCOc1ccc(OCCn2cnc3ccccc3c2=O)cc1.O=C(O)C(=O)O. The number of carbonyl (C=O) groups is 2. The molecule has 1 aromatic heterocycles. The fourth-order valence-electron chi connectivity index (χ4n) is 2.33. The molecular weight excluding hydrogens is 380 g/mol. The fraction of sp³-hybridized carbons (Fsp3) is 0.200. The lowest BCUT2D eigenvalue weighted by Gasteiger charge is -2.09. The standard InChI is InChI=1S/C18H18N2O3.C2H2O4/c1-2-22-14-7-9-15(10-8-14)23-12-11-20-13-19-17-6-4-3-5-16(17)18(20)21;3-1(4)2(5)6/h3-10,13H,2,11-12H2,1H3;(H,3,4)(H,5,6). The number of carboxylic acids is 2. The number of para-hydroxylation sites is 1. The molecule has 0 bridgehead atoms. The molecule has 0 spiro atoms. The lowest BCUT2D eigenvalue weighted by atomic mass is 10.2. The van der Waals surface area contributed by atoms with E-state index in [1.54, 1.807) is 17.0 Å². The maximum Gasteiger partial charge on any atom is 0.414 e. The average Bonchev–Trinajstić information content (AvgIpc) is 2.72. The predicted molar refractivity (Wildman–Crippen MR) is 104 cm³/mol. The molecule has 0 saturated carbocycles. The van der Waals surface area contributed by atoms with E-state index in [0.717, 1.165) is 11.5 Å². The number of aromatic nitrogens is 2. The van der Waals surface area contributed by atoms with Crippen molar-refractivity contribution in [3.8, 4) is 11.5 Å². The minimum absolute atomic E-state index is 0.0501.